The van der Waals surface area contributed by atoms with Crippen LogP contribution in [0, 0.1) is 0 Å². The second-order valence-corrected chi connectivity index (χ2v) is 4.80. The fourth-order valence-corrected chi connectivity index (χ4v) is 2.28. The molecule has 1 aromatic carbocycles. The molecule has 0 bridgehead atoms. The molecule has 0 aliphatic heterocycles. The van der Waals surface area contributed by atoms with Gasteiger partial charge in [-0.1, -0.05) is 44.2 Å². The molecule has 0 aliphatic carbocycles. The lowest BCUT2D eigenvalue weighted by molar-refractivity contribution is -0.119. The summed E-state index contributed by atoms with van der Waals surface area (Å²) in [5, 5.41) is 0. The van der Waals surface area contributed by atoms with Crippen molar-refractivity contribution >= 4 is 5.78 Å². The number of rotatable bonds is 5. The molecule has 2 heteroatoms. The highest BCUT2D eigenvalue weighted by Crippen LogP contribution is 2.29. The van der Waals surface area contributed by atoms with Gasteiger partial charge in [0.15, 0.2) is 0 Å². The number of ketones is 1. The van der Waals surface area contributed by atoms with Crippen LogP contribution in [-0.4, -0.2) is 10.8 Å². The van der Waals surface area contributed by atoms with Crippen molar-refractivity contribution in [2.75, 3.05) is 0 Å². The summed E-state index contributed by atoms with van der Waals surface area (Å²) in [5.41, 5.74) is 3.29. The number of aromatic nitrogens is 1. The molecule has 2 nitrogen and oxygen atoms in total. The average Bonchev–Trinajstić information content (AvgIpc) is 2.48. The van der Waals surface area contributed by atoms with Crippen LogP contribution in [0.1, 0.15) is 38.2 Å². The smallest absolute Gasteiger partial charge is 0.133 e. The maximum absolute atomic E-state index is 11.6. The summed E-state index contributed by atoms with van der Waals surface area (Å²) >= 11 is 0. The van der Waals surface area contributed by atoms with E-state index < -0.39 is 0 Å². The molecule has 0 radical (unpaired) electrons. The molecule has 1 heterocycles. The van der Waals surface area contributed by atoms with Crippen molar-refractivity contribution in [3.8, 4) is 11.3 Å². The van der Waals surface area contributed by atoms with Crippen molar-refractivity contribution in [2.24, 2.45) is 0 Å². The molecule has 0 saturated heterocycles. The van der Waals surface area contributed by atoms with Gasteiger partial charge >= 0.3 is 0 Å². The third kappa shape index (κ3) is 3.28. The zero-order valence-electron chi connectivity index (χ0n) is 11.5. The van der Waals surface area contributed by atoms with Crippen LogP contribution in [0.5, 0.6) is 0 Å². The highest BCUT2D eigenvalue weighted by Gasteiger charge is 2.14. The number of hydrogen-bond acceptors (Lipinski definition) is 2. The van der Waals surface area contributed by atoms with E-state index >= 15 is 0 Å². The lowest BCUT2D eigenvalue weighted by atomic mass is 9.90. The van der Waals surface area contributed by atoms with Gasteiger partial charge in [-0.05, 0) is 23.6 Å². The number of pyridine rings is 1. The van der Waals surface area contributed by atoms with Crippen LogP contribution in [0.15, 0.2) is 48.7 Å². The van der Waals surface area contributed by atoms with Gasteiger partial charge < -0.3 is 0 Å². The summed E-state index contributed by atoms with van der Waals surface area (Å²) in [6.45, 7) is 4.02. The number of carbonyl (C=O) groups is 1. The first-order valence-electron chi connectivity index (χ1n) is 6.74. The molecule has 2 rings (SSSR count). The molecule has 0 saturated carbocycles. The molecule has 1 atom stereocenters. The fraction of sp³-hybridized carbons (Fsp3) is 0.294. The van der Waals surface area contributed by atoms with Crippen LogP contribution in [0.4, 0.5) is 0 Å². The molecule has 0 spiro atoms. The Kier molecular flexibility index (Phi) is 4.45. The zero-order valence-corrected chi connectivity index (χ0v) is 11.5. The first kappa shape index (κ1) is 13.5. The molecule has 0 aliphatic rings. The van der Waals surface area contributed by atoms with E-state index in [0.717, 1.165) is 11.3 Å². The van der Waals surface area contributed by atoms with E-state index in [2.05, 4.69) is 24.0 Å². The predicted octanol–water partition coefficient (Wildman–Crippen LogP) is 4.22. The second kappa shape index (κ2) is 6.28. The molecule has 19 heavy (non-hydrogen) atoms. The van der Waals surface area contributed by atoms with Gasteiger partial charge in [0.05, 0.1) is 5.69 Å². The Morgan fingerprint density at radius 1 is 1.16 bits per heavy atom. The number of benzene rings is 1. The van der Waals surface area contributed by atoms with Crippen molar-refractivity contribution in [1.82, 2.24) is 4.98 Å². The van der Waals surface area contributed by atoms with E-state index in [1.165, 1.54) is 5.56 Å². The summed E-state index contributed by atoms with van der Waals surface area (Å²) in [4.78, 5) is 16.0. The molecule has 0 unspecified atom stereocenters. The summed E-state index contributed by atoms with van der Waals surface area (Å²) in [5.74, 6) is 0.536. The van der Waals surface area contributed by atoms with Crippen LogP contribution >= 0.6 is 0 Å². The normalized spacial score (nSPS) is 12.1. The summed E-state index contributed by atoms with van der Waals surface area (Å²) in [7, 11) is 0. The minimum Gasteiger partial charge on any atom is -0.300 e. The van der Waals surface area contributed by atoms with Crippen molar-refractivity contribution < 1.29 is 4.79 Å². The van der Waals surface area contributed by atoms with Gasteiger partial charge in [-0.25, -0.2) is 0 Å². The molecular weight excluding hydrogens is 234 g/mol. The molecule has 1 aromatic heterocycles. The van der Waals surface area contributed by atoms with Gasteiger partial charge in [-0.15, -0.1) is 0 Å². The monoisotopic (exact) mass is 253 g/mol. The summed E-state index contributed by atoms with van der Waals surface area (Å²) in [6, 6.07) is 14.1. The Labute approximate surface area is 114 Å². The van der Waals surface area contributed by atoms with Crippen LogP contribution in [-0.2, 0) is 4.79 Å². The largest absolute Gasteiger partial charge is 0.300 e. The van der Waals surface area contributed by atoms with Crippen molar-refractivity contribution in [2.45, 2.75) is 32.6 Å². The number of Topliss-reactive ketones (excluding diaryl/α,β-unsaturated/α-hetero) is 1. The molecule has 0 N–H and O–H groups in total. The van der Waals surface area contributed by atoms with Gasteiger partial charge in [-0.2, -0.15) is 0 Å². The Hall–Kier alpha value is -1.96. The topological polar surface area (TPSA) is 30.0 Å². The van der Waals surface area contributed by atoms with Gasteiger partial charge in [-0.3, -0.25) is 9.78 Å². The van der Waals surface area contributed by atoms with Gasteiger partial charge in [0.1, 0.15) is 5.78 Å². The van der Waals surface area contributed by atoms with Crippen LogP contribution < -0.4 is 0 Å². The quantitative estimate of drug-likeness (QED) is 0.798. The second-order valence-electron chi connectivity index (χ2n) is 4.80. The van der Waals surface area contributed by atoms with E-state index in [1.54, 1.807) is 6.20 Å². The average molecular weight is 253 g/mol. The van der Waals surface area contributed by atoms with Crippen molar-refractivity contribution in [3.05, 3.63) is 54.2 Å². The first-order valence-corrected chi connectivity index (χ1v) is 6.74. The van der Waals surface area contributed by atoms with Crippen LogP contribution in [0.3, 0.4) is 0 Å². The highest BCUT2D eigenvalue weighted by molar-refractivity contribution is 5.79. The fourth-order valence-electron chi connectivity index (χ4n) is 2.28. The van der Waals surface area contributed by atoms with Crippen molar-refractivity contribution in [3.63, 3.8) is 0 Å². The maximum Gasteiger partial charge on any atom is 0.133 e. The van der Waals surface area contributed by atoms with E-state index in [-0.39, 0.29) is 5.92 Å². The standard InChI is InChI=1S/C17H19NO/c1-3-14(19)12-13(2)15-8-4-5-9-16(15)17-10-6-7-11-18-17/h4-11,13H,3,12H2,1-2H3/t13-/m1/s1. The van der Waals surface area contributed by atoms with Crippen LogP contribution in [0.25, 0.3) is 11.3 Å². The number of hydrogen-bond donors (Lipinski definition) is 0. The lowest BCUT2D eigenvalue weighted by Gasteiger charge is -2.15. The van der Waals surface area contributed by atoms with Crippen LogP contribution in [0.2, 0.25) is 0 Å². The lowest BCUT2D eigenvalue weighted by Crippen LogP contribution is -2.04. The van der Waals surface area contributed by atoms with E-state index in [0.29, 0.717) is 18.6 Å². The Balaban J connectivity index is 2.34. The number of carbonyl (C=O) groups excluding carboxylic acids is 1. The van der Waals surface area contributed by atoms with Gasteiger partial charge in [0, 0.05) is 24.6 Å². The third-order valence-corrected chi connectivity index (χ3v) is 3.36. The number of nitrogens with zero attached hydrogens (tertiary/aromatic N) is 1. The Morgan fingerprint density at radius 3 is 2.58 bits per heavy atom. The maximum atomic E-state index is 11.6. The predicted molar refractivity (Wildman–Crippen MR) is 78.0 cm³/mol. The minimum atomic E-state index is 0.227. The summed E-state index contributed by atoms with van der Waals surface area (Å²) in [6.07, 6.45) is 3.00. The molecule has 2 aromatic rings. The Morgan fingerprint density at radius 2 is 1.89 bits per heavy atom. The Bertz CT molecular complexity index is 548. The zero-order chi connectivity index (χ0) is 13.7. The first-order chi connectivity index (χ1) is 9.22. The van der Waals surface area contributed by atoms with Gasteiger partial charge in [0.25, 0.3) is 0 Å². The molecule has 98 valence electrons. The highest BCUT2D eigenvalue weighted by atomic mass is 16.1. The van der Waals surface area contributed by atoms with E-state index in [4.69, 9.17) is 0 Å². The minimum absolute atomic E-state index is 0.227. The molecule has 0 fully saturated rings. The van der Waals surface area contributed by atoms with E-state index in [9.17, 15) is 4.79 Å². The third-order valence-electron chi connectivity index (χ3n) is 3.36. The van der Waals surface area contributed by atoms with Crippen molar-refractivity contribution in [1.29, 1.82) is 0 Å². The van der Waals surface area contributed by atoms with E-state index in [1.807, 2.05) is 37.3 Å². The SMILES string of the molecule is CCC(=O)C[C@@H](C)c1ccccc1-c1ccccn1. The molecule has 0 amide bonds. The molecular formula is C17H19NO. The van der Waals surface area contributed by atoms with Gasteiger partial charge in [0.2, 0.25) is 0 Å². The summed E-state index contributed by atoms with van der Waals surface area (Å²) < 4.78 is 0.